The molecular weight excluding hydrogens is 399 g/mol. The second kappa shape index (κ2) is 9.23. The predicted octanol–water partition coefficient (Wildman–Crippen LogP) is 3.44. The third-order valence-corrected chi connectivity index (χ3v) is 10.1. The Morgan fingerprint density at radius 3 is 2.14 bits per heavy atom. The van der Waals surface area contributed by atoms with E-state index in [0.717, 1.165) is 11.3 Å². The Hall–Kier alpha value is -0.976. The van der Waals surface area contributed by atoms with Crippen LogP contribution in [0.5, 0.6) is 5.75 Å². The van der Waals surface area contributed by atoms with Crippen LogP contribution >= 0.6 is 8.58 Å². The maximum atomic E-state index is 10.2. The lowest BCUT2D eigenvalue weighted by Crippen LogP contribution is -2.48. The first-order chi connectivity index (χ1) is 12.9. The van der Waals surface area contributed by atoms with Crippen LogP contribution in [0.25, 0.3) is 0 Å². The number of rotatable bonds is 8. The van der Waals surface area contributed by atoms with Gasteiger partial charge in [-0.25, -0.2) is 0 Å². The summed E-state index contributed by atoms with van der Waals surface area (Å²) in [5.41, 5.74) is 0.992. The van der Waals surface area contributed by atoms with Crippen LogP contribution in [0.15, 0.2) is 36.4 Å². The molecule has 154 valence electrons. The second-order valence-electron chi connectivity index (χ2n) is 9.34. The number of methoxy groups -OCH3 is 1. The van der Waals surface area contributed by atoms with Gasteiger partial charge in [0.25, 0.3) is 0 Å². The Bertz CT molecular complexity index is 808. The Morgan fingerprint density at radius 1 is 0.964 bits per heavy atom. The molecule has 2 aromatic rings. The van der Waals surface area contributed by atoms with Gasteiger partial charge in [-0.3, -0.25) is 0 Å². The van der Waals surface area contributed by atoms with Gasteiger partial charge in [0.05, 0.1) is 22.3 Å². The average Bonchev–Trinajstić information content (AvgIpc) is 2.58. The van der Waals surface area contributed by atoms with E-state index in [4.69, 9.17) is 9.47 Å². The van der Waals surface area contributed by atoms with Crippen molar-refractivity contribution in [2.75, 3.05) is 13.9 Å². The third-order valence-electron chi connectivity index (χ3n) is 4.76. The molecule has 0 saturated carbocycles. The fraction of sp³-hybridized carbons (Fsp3) is 0.455. The molecule has 0 amide bonds. The zero-order chi connectivity index (χ0) is 21.1. The molecule has 2 atom stereocenters. The normalized spacial score (nSPS) is 13.9. The monoisotopic (exact) mass is 434 g/mol. The molecule has 0 spiro atoms. The van der Waals surface area contributed by atoms with Crippen LogP contribution in [-0.4, -0.2) is 35.2 Å². The molecule has 2 aromatic carbocycles. The lowest BCUT2D eigenvalue weighted by atomic mass is 10.1. The van der Waals surface area contributed by atoms with Gasteiger partial charge in [0.15, 0.2) is 6.79 Å². The van der Waals surface area contributed by atoms with Gasteiger partial charge in [0.1, 0.15) is 5.75 Å². The molecule has 0 heterocycles. The van der Waals surface area contributed by atoms with Crippen molar-refractivity contribution in [3.8, 4) is 5.75 Å². The molecule has 6 heteroatoms. The van der Waals surface area contributed by atoms with Crippen molar-refractivity contribution in [1.82, 2.24) is 0 Å². The van der Waals surface area contributed by atoms with Gasteiger partial charge in [0.2, 0.25) is 0 Å². The number of aliphatic hydroxyl groups is 1. The van der Waals surface area contributed by atoms with E-state index in [1.165, 1.54) is 21.0 Å². The molecule has 0 aliphatic heterocycles. The fourth-order valence-electron chi connectivity index (χ4n) is 3.11. The van der Waals surface area contributed by atoms with Gasteiger partial charge in [-0.15, -0.1) is 0 Å². The lowest BCUT2D eigenvalue weighted by molar-refractivity contribution is 0.0526. The lowest BCUT2D eigenvalue weighted by Gasteiger charge is -2.28. The molecule has 0 bridgehead atoms. The van der Waals surface area contributed by atoms with Crippen molar-refractivity contribution in [2.24, 2.45) is 0 Å². The molecule has 0 aromatic heterocycles. The van der Waals surface area contributed by atoms with E-state index in [1.807, 2.05) is 25.1 Å². The maximum Gasteiger partial charge on any atom is 0.188 e. The summed E-state index contributed by atoms with van der Waals surface area (Å²) in [4.78, 5) is 0. The van der Waals surface area contributed by atoms with Gasteiger partial charge in [-0.05, 0) is 23.0 Å². The molecule has 0 aliphatic carbocycles. The Kier molecular flexibility index (Phi) is 7.68. The molecule has 0 radical (unpaired) electrons. The molecule has 2 unspecified atom stereocenters. The molecule has 0 aliphatic rings. The number of benzene rings is 2. The van der Waals surface area contributed by atoms with Crippen molar-refractivity contribution >= 4 is 45.7 Å². The van der Waals surface area contributed by atoms with Gasteiger partial charge >= 0.3 is 0 Å². The Labute approximate surface area is 174 Å². The standard InChI is InChI=1S/C22H35O3PSi2/c1-16(23)18-11-9-10-12-19(18)26-20-13-17(27(3,4)5)14-21(28(6,7)8)22(20)25-15-24-2/h9-14,16,23,26H,15H2,1-8H3. The van der Waals surface area contributed by atoms with Gasteiger partial charge in [0, 0.05) is 12.4 Å². The second-order valence-corrected chi connectivity index (χ2v) is 20.8. The summed E-state index contributed by atoms with van der Waals surface area (Å²) in [5, 5.41) is 15.5. The smallest absolute Gasteiger partial charge is 0.188 e. The van der Waals surface area contributed by atoms with Crippen LogP contribution in [-0.2, 0) is 4.74 Å². The summed E-state index contributed by atoms with van der Waals surface area (Å²) in [6.07, 6.45) is -0.483. The highest BCUT2D eigenvalue weighted by Crippen LogP contribution is 2.25. The zero-order valence-corrected chi connectivity index (χ0v) is 21.5. The quantitative estimate of drug-likeness (QED) is 0.393. The van der Waals surface area contributed by atoms with Crippen molar-refractivity contribution in [3.05, 3.63) is 42.0 Å². The molecule has 0 fully saturated rings. The minimum absolute atomic E-state index is 0.249. The summed E-state index contributed by atoms with van der Waals surface area (Å²) >= 11 is 0. The van der Waals surface area contributed by atoms with E-state index in [9.17, 15) is 5.11 Å². The topological polar surface area (TPSA) is 38.7 Å². The number of aliphatic hydroxyl groups excluding tert-OH is 1. The Balaban J connectivity index is 2.69. The minimum atomic E-state index is -1.63. The van der Waals surface area contributed by atoms with E-state index >= 15 is 0 Å². The van der Waals surface area contributed by atoms with Crippen molar-refractivity contribution in [1.29, 1.82) is 0 Å². The molecule has 0 saturated heterocycles. The summed E-state index contributed by atoms with van der Waals surface area (Å²) in [6, 6.07) is 12.9. The summed E-state index contributed by atoms with van der Waals surface area (Å²) in [7, 11) is -1.02. The number of hydrogen-bond donors (Lipinski definition) is 1. The molecule has 3 nitrogen and oxygen atoms in total. The van der Waals surface area contributed by atoms with Crippen LogP contribution in [0.3, 0.4) is 0 Å². The van der Waals surface area contributed by atoms with Crippen LogP contribution in [0.2, 0.25) is 39.3 Å². The highest BCUT2D eigenvalue weighted by Gasteiger charge is 2.28. The summed E-state index contributed by atoms with van der Waals surface area (Å²) in [5.74, 6) is 0.988. The first-order valence-corrected chi connectivity index (χ1v) is 17.8. The third kappa shape index (κ3) is 5.77. The van der Waals surface area contributed by atoms with Gasteiger partial charge in [-0.1, -0.05) is 89.4 Å². The predicted molar refractivity (Wildman–Crippen MR) is 130 cm³/mol. The molecule has 28 heavy (non-hydrogen) atoms. The summed E-state index contributed by atoms with van der Waals surface area (Å²) in [6.45, 7) is 16.4. The van der Waals surface area contributed by atoms with Crippen molar-refractivity contribution in [2.45, 2.75) is 52.3 Å². The minimum Gasteiger partial charge on any atom is -0.467 e. The first kappa shape index (κ1) is 23.3. The first-order valence-electron chi connectivity index (χ1n) is 9.80. The SMILES string of the molecule is COCOc1c(Pc2ccccc2C(C)O)cc([Si](C)(C)C)cc1[Si](C)(C)C. The van der Waals surface area contributed by atoms with Crippen LogP contribution in [0, 0.1) is 0 Å². The van der Waals surface area contributed by atoms with Crippen LogP contribution in [0.4, 0.5) is 0 Å². The largest absolute Gasteiger partial charge is 0.467 e. The number of ether oxygens (including phenoxy) is 2. The van der Waals surface area contributed by atoms with Crippen LogP contribution in [0.1, 0.15) is 18.6 Å². The molecule has 2 rings (SSSR count). The van der Waals surface area contributed by atoms with Crippen LogP contribution < -0.4 is 25.7 Å². The summed E-state index contributed by atoms with van der Waals surface area (Å²) < 4.78 is 11.4. The van der Waals surface area contributed by atoms with E-state index in [-0.39, 0.29) is 6.79 Å². The van der Waals surface area contributed by atoms with Crippen molar-refractivity contribution in [3.63, 3.8) is 0 Å². The maximum absolute atomic E-state index is 10.2. The molecular formula is C22H35O3PSi2. The molecule has 1 N–H and O–H groups in total. The highest BCUT2D eigenvalue weighted by atomic mass is 31.1. The van der Waals surface area contributed by atoms with Gasteiger partial charge in [-0.2, -0.15) is 0 Å². The van der Waals surface area contributed by atoms with E-state index in [2.05, 4.69) is 57.5 Å². The van der Waals surface area contributed by atoms with E-state index in [0.29, 0.717) is 8.58 Å². The fourth-order valence-corrected chi connectivity index (χ4v) is 7.60. The van der Waals surface area contributed by atoms with E-state index < -0.39 is 22.3 Å². The number of hydrogen-bond acceptors (Lipinski definition) is 3. The van der Waals surface area contributed by atoms with E-state index in [1.54, 1.807) is 7.11 Å². The zero-order valence-electron chi connectivity index (χ0n) is 18.5. The van der Waals surface area contributed by atoms with Crippen molar-refractivity contribution < 1.29 is 14.6 Å². The average molecular weight is 435 g/mol. The van der Waals surface area contributed by atoms with Gasteiger partial charge < -0.3 is 14.6 Å². The Morgan fingerprint density at radius 2 is 1.61 bits per heavy atom. The highest BCUT2D eigenvalue weighted by molar-refractivity contribution is 7.56.